The summed E-state index contributed by atoms with van der Waals surface area (Å²) in [5, 5.41) is 12.3. The first-order valence-corrected chi connectivity index (χ1v) is 5.29. The molecule has 2 N–H and O–H groups in total. The second-order valence-electron chi connectivity index (χ2n) is 3.26. The van der Waals surface area contributed by atoms with Crippen LogP contribution in [0, 0.1) is 0 Å². The molecule has 0 aliphatic carbocycles. The van der Waals surface area contributed by atoms with Crippen molar-refractivity contribution in [2.24, 2.45) is 0 Å². The first kappa shape index (κ1) is 13.8. The standard InChI is InChI=1S/C10H23NO3/c1-3-4-6-13-8-10(12)9-14-7-5-11-2/h10-12H,3-9H2,1-2H3. The van der Waals surface area contributed by atoms with E-state index in [0.717, 1.165) is 26.0 Å². The summed E-state index contributed by atoms with van der Waals surface area (Å²) in [6.45, 7) is 5.00. The van der Waals surface area contributed by atoms with Crippen molar-refractivity contribution in [2.45, 2.75) is 25.9 Å². The van der Waals surface area contributed by atoms with Crippen LogP contribution >= 0.6 is 0 Å². The van der Waals surface area contributed by atoms with E-state index in [1.165, 1.54) is 0 Å². The van der Waals surface area contributed by atoms with Gasteiger partial charge in [0.05, 0.1) is 19.8 Å². The smallest absolute Gasteiger partial charge is 0.101 e. The molecule has 0 heterocycles. The molecule has 0 rings (SSSR count). The van der Waals surface area contributed by atoms with Crippen LogP contribution in [0.1, 0.15) is 19.8 Å². The largest absolute Gasteiger partial charge is 0.388 e. The van der Waals surface area contributed by atoms with Crippen LogP contribution in [0.5, 0.6) is 0 Å². The van der Waals surface area contributed by atoms with Gasteiger partial charge in [0.25, 0.3) is 0 Å². The van der Waals surface area contributed by atoms with Crippen molar-refractivity contribution < 1.29 is 14.6 Å². The summed E-state index contributed by atoms with van der Waals surface area (Å²) in [7, 11) is 1.87. The van der Waals surface area contributed by atoms with E-state index >= 15 is 0 Å². The number of rotatable bonds is 10. The van der Waals surface area contributed by atoms with Gasteiger partial charge in [-0.3, -0.25) is 0 Å². The maximum Gasteiger partial charge on any atom is 0.101 e. The molecule has 0 radical (unpaired) electrons. The number of ether oxygens (including phenoxy) is 2. The summed E-state index contributed by atoms with van der Waals surface area (Å²) in [4.78, 5) is 0. The summed E-state index contributed by atoms with van der Waals surface area (Å²) >= 11 is 0. The van der Waals surface area contributed by atoms with Crippen LogP contribution < -0.4 is 5.32 Å². The van der Waals surface area contributed by atoms with E-state index < -0.39 is 6.10 Å². The quantitative estimate of drug-likeness (QED) is 0.507. The Labute approximate surface area is 86.6 Å². The Kier molecular flexibility index (Phi) is 10.8. The molecule has 0 aliphatic heterocycles. The number of aliphatic hydroxyl groups excluding tert-OH is 1. The second kappa shape index (κ2) is 10.9. The summed E-state index contributed by atoms with van der Waals surface area (Å²) in [5.74, 6) is 0. The molecule has 0 spiro atoms. The van der Waals surface area contributed by atoms with Gasteiger partial charge in [-0.2, -0.15) is 0 Å². The van der Waals surface area contributed by atoms with Crippen molar-refractivity contribution in [3.05, 3.63) is 0 Å². The van der Waals surface area contributed by atoms with E-state index in [9.17, 15) is 5.11 Å². The molecule has 0 saturated heterocycles. The van der Waals surface area contributed by atoms with Gasteiger partial charge in [-0.25, -0.2) is 0 Å². The molecule has 0 fully saturated rings. The van der Waals surface area contributed by atoms with E-state index in [2.05, 4.69) is 12.2 Å². The number of hydrogen-bond acceptors (Lipinski definition) is 4. The monoisotopic (exact) mass is 205 g/mol. The van der Waals surface area contributed by atoms with E-state index in [1.807, 2.05) is 7.05 Å². The number of aliphatic hydroxyl groups is 1. The van der Waals surface area contributed by atoms with Crippen LogP contribution in [-0.4, -0.2) is 51.2 Å². The van der Waals surface area contributed by atoms with Gasteiger partial charge in [-0.15, -0.1) is 0 Å². The molecule has 86 valence electrons. The Morgan fingerprint density at radius 2 is 1.86 bits per heavy atom. The third-order valence-corrected chi connectivity index (χ3v) is 1.76. The molecule has 4 nitrogen and oxygen atoms in total. The molecular formula is C10H23NO3. The Morgan fingerprint density at radius 1 is 1.21 bits per heavy atom. The minimum Gasteiger partial charge on any atom is -0.388 e. The Bertz CT molecular complexity index is 99.5. The fraction of sp³-hybridized carbons (Fsp3) is 1.00. The lowest BCUT2D eigenvalue weighted by molar-refractivity contribution is -0.0183. The third-order valence-electron chi connectivity index (χ3n) is 1.76. The highest BCUT2D eigenvalue weighted by Crippen LogP contribution is 1.91. The summed E-state index contributed by atoms with van der Waals surface area (Å²) < 4.78 is 10.4. The van der Waals surface area contributed by atoms with Gasteiger partial charge < -0.3 is 19.9 Å². The van der Waals surface area contributed by atoms with Gasteiger partial charge >= 0.3 is 0 Å². The predicted molar refractivity (Wildman–Crippen MR) is 56.5 cm³/mol. The van der Waals surface area contributed by atoms with E-state index in [1.54, 1.807) is 0 Å². The van der Waals surface area contributed by atoms with Crippen molar-refractivity contribution in [1.82, 2.24) is 5.32 Å². The fourth-order valence-corrected chi connectivity index (χ4v) is 0.907. The Morgan fingerprint density at radius 3 is 2.43 bits per heavy atom. The first-order chi connectivity index (χ1) is 6.81. The first-order valence-electron chi connectivity index (χ1n) is 5.29. The number of nitrogens with one attached hydrogen (secondary N) is 1. The zero-order valence-electron chi connectivity index (χ0n) is 9.29. The lowest BCUT2D eigenvalue weighted by Gasteiger charge is -2.11. The normalized spacial score (nSPS) is 13.1. The summed E-state index contributed by atoms with van der Waals surface area (Å²) in [5.41, 5.74) is 0. The lowest BCUT2D eigenvalue weighted by atomic mass is 10.3. The van der Waals surface area contributed by atoms with Gasteiger partial charge in [0.15, 0.2) is 0 Å². The molecule has 0 saturated carbocycles. The highest BCUT2D eigenvalue weighted by Gasteiger charge is 2.03. The SMILES string of the molecule is CCCCOCC(O)COCCNC. The van der Waals surface area contributed by atoms with Crippen molar-refractivity contribution in [3.63, 3.8) is 0 Å². The maximum absolute atomic E-state index is 9.38. The highest BCUT2D eigenvalue weighted by molar-refractivity contribution is 4.51. The minimum absolute atomic E-state index is 0.355. The average Bonchev–Trinajstić information content (AvgIpc) is 2.19. The Hall–Kier alpha value is -0.160. The second-order valence-corrected chi connectivity index (χ2v) is 3.26. The van der Waals surface area contributed by atoms with Gasteiger partial charge in [-0.1, -0.05) is 13.3 Å². The van der Waals surface area contributed by atoms with Crippen molar-refractivity contribution in [2.75, 3.05) is 40.0 Å². The molecule has 0 aromatic rings. The molecule has 1 atom stereocenters. The molecule has 0 aromatic carbocycles. The number of hydrogen-bond donors (Lipinski definition) is 2. The summed E-state index contributed by atoms with van der Waals surface area (Å²) in [6.07, 6.45) is 1.67. The van der Waals surface area contributed by atoms with Gasteiger partial charge in [0.1, 0.15) is 6.10 Å². The van der Waals surface area contributed by atoms with Gasteiger partial charge in [-0.05, 0) is 13.5 Å². The predicted octanol–water partition coefficient (Wildman–Crippen LogP) is 0.400. The average molecular weight is 205 g/mol. The molecule has 0 bridgehead atoms. The molecule has 1 unspecified atom stereocenters. The van der Waals surface area contributed by atoms with Crippen molar-refractivity contribution >= 4 is 0 Å². The molecule has 14 heavy (non-hydrogen) atoms. The zero-order chi connectivity index (χ0) is 10.6. The van der Waals surface area contributed by atoms with Gasteiger partial charge in [0, 0.05) is 13.2 Å². The lowest BCUT2D eigenvalue weighted by Crippen LogP contribution is -2.24. The molecule has 0 aliphatic rings. The zero-order valence-corrected chi connectivity index (χ0v) is 9.29. The molecule has 0 amide bonds. The van der Waals surface area contributed by atoms with Crippen LogP contribution in [0.15, 0.2) is 0 Å². The molecule has 4 heteroatoms. The van der Waals surface area contributed by atoms with Crippen LogP contribution in [0.25, 0.3) is 0 Å². The van der Waals surface area contributed by atoms with E-state index in [-0.39, 0.29) is 0 Å². The Balaban J connectivity index is 3.07. The fourth-order valence-electron chi connectivity index (χ4n) is 0.907. The topological polar surface area (TPSA) is 50.7 Å². The summed E-state index contributed by atoms with van der Waals surface area (Å²) in [6, 6.07) is 0. The van der Waals surface area contributed by atoms with Crippen molar-refractivity contribution in [3.8, 4) is 0 Å². The maximum atomic E-state index is 9.38. The van der Waals surface area contributed by atoms with Crippen molar-refractivity contribution in [1.29, 1.82) is 0 Å². The van der Waals surface area contributed by atoms with Crippen LogP contribution in [0.4, 0.5) is 0 Å². The van der Waals surface area contributed by atoms with Gasteiger partial charge in [0.2, 0.25) is 0 Å². The third kappa shape index (κ3) is 9.92. The minimum atomic E-state index is -0.497. The number of likely N-dealkylation sites (N-methyl/N-ethyl adjacent to an activating group) is 1. The van der Waals surface area contributed by atoms with E-state index in [4.69, 9.17) is 9.47 Å². The highest BCUT2D eigenvalue weighted by atomic mass is 16.5. The van der Waals surface area contributed by atoms with E-state index in [0.29, 0.717) is 19.8 Å². The molecular weight excluding hydrogens is 182 g/mol. The molecule has 0 aromatic heterocycles. The van der Waals surface area contributed by atoms with Crippen LogP contribution in [0.2, 0.25) is 0 Å². The number of unbranched alkanes of at least 4 members (excludes halogenated alkanes) is 1. The van der Waals surface area contributed by atoms with Crippen LogP contribution in [-0.2, 0) is 9.47 Å². The van der Waals surface area contributed by atoms with Crippen LogP contribution in [0.3, 0.4) is 0 Å².